The molecule has 1 fully saturated rings. The van der Waals surface area contributed by atoms with Crippen LogP contribution in [0.4, 0.5) is 4.53 Å². The normalized spacial score (nSPS) is 37.3. The van der Waals surface area contributed by atoms with Gasteiger partial charge in [-0.15, -0.1) is 0 Å². The first-order valence-electron chi connectivity index (χ1n) is 4.57. The van der Waals surface area contributed by atoms with E-state index < -0.39 is 12.4 Å². The zero-order valence-electron chi connectivity index (χ0n) is 9.07. The Morgan fingerprint density at radius 2 is 1.86 bits per heavy atom. The van der Waals surface area contributed by atoms with Gasteiger partial charge in [0.1, 0.15) is 0 Å². The summed E-state index contributed by atoms with van der Waals surface area (Å²) in [6.07, 6.45) is -1.26. The van der Waals surface area contributed by atoms with Gasteiger partial charge in [-0.1, -0.05) is 6.92 Å². The first kappa shape index (κ1) is 13.8. The molecule has 1 aliphatic rings. The lowest BCUT2D eigenvalue weighted by atomic mass is 9.94. The summed E-state index contributed by atoms with van der Waals surface area (Å²) in [5, 5.41) is 9.36. The van der Waals surface area contributed by atoms with Crippen LogP contribution >= 0.6 is 0 Å². The van der Waals surface area contributed by atoms with Crippen LogP contribution in [-0.4, -0.2) is 37.8 Å². The molecule has 1 aliphatic heterocycles. The molecule has 0 unspecified atom stereocenters. The number of hydrogen-bond acceptors (Lipinski definition) is 4. The van der Waals surface area contributed by atoms with Crippen molar-refractivity contribution in [3.05, 3.63) is 0 Å². The van der Waals surface area contributed by atoms with Crippen molar-refractivity contribution in [1.82, 2.24) is 0 Å². The second-order valence-corrected chi connectivity index (χ2v) is 3.47. The van der Waals surface area contributed by atoms with E-state index in [9.17, 15) is 9.63 Å². The van der Waals surface area contributed by atoms with Crippen molar-refractivity contribution in [3.63, 3.8) is 0 Å². The van der Waals surface area contributed by atoms with Gasteiger partial charge in [-0.2, -0.15) is 4.94 Å². The van der Waals surface area contributed by atoms with Gasteiger partial charge < -0.3 is 14.6 Å². The highest BCUT2D eigenvalue weighted by molar-refractivity contribution is 4.77. The van der Waals surface area contributed by atoms with Crippen molar-refractivity contribution in [2.75, 3.05) is 14.2 Å². The molecule has 4 atom stereocenters. The Balaban J connectivity index is 0.000000500. The molecule has 0 aromatic rings. The van der Waals surface area contributed by atoms with E-state index in [1.165, 1.54) is 0 Å². The third-order valence-electron chi connectivity index (χ3n) is 2.09. The smallest absolute Gasteiger partial charge is 0.197 e. The highest BCUT2D eigenvalue weighted by Crippen LogP contribution is 2.25. The van der Waals surface area contributed by atoms with Gasteiger partial charge in [-0.3, -0.25) is 0 Å². The standard InChI is InChI=1S/C7H13FO3.C2H6O/c1-4-3-6(11-8)10-5(2)7(4)9;1-3-2/h4-7,9H,3H2,1-2H3;1-2H3/t4-,5-,6-,7+;/m0./s1. The van der Waals surface area contributed by atoms with Crippen LogP contribution in [-0.2, 0) is 14.4 Å². The number of rotatable bonds is 1. The van der Waals surface area contributed by atoms with Gasteiger partial charge in [-0.25, -0.2) is 0 Å². The molecule has 0 aromatic carbocycles. The Morgan fingerprint density at radius 3 is 2.21 bits per heavy atom. The molecular weight excluding hydrogens is 191 g/mol. The van der Waals surface area contributed by atoms with Crippen molar-refractivity contribution >= 4 is 0 Å². The SMILES string of the molecule is COC.C[C@@H]1O[C@@H](OF)C[C@H](C)[C@H]1O. The molecule has 0 spiro atoms. The summed E-state index contributed by atoms with van der Waals surface area (Å²) in [6.45, 7) is 3.54. The molecule has 0 aromatic heterocycles. The minimum absolute atomic E-state index is 0.0273. The lowest BCUT2D eigenvalue weighted by Crippen LogP contribution is -2.42. The summed E-state index contributed by atoms with van der Waals surface area (Å²) >= 11 is 0. The van der Waals surface area contributed by atoms with Crippen LogP contribution in [0.25, 0.3) is 0 Å². The van der Waals surface area contributed by atoms with Crippen molar-refractivity contribution in [2.45, 2.75) is 38.8 Å². The quantitative estimate of drug-likeness (QED) is 0.708. The monoisotopic (exact) mass is 210 g/mol. The molecule has 1 N–H and O–H groups in total. The number of aliphatic hydroxyl groups excluding tert-OH is 1. The predicted molar refractivity (Wildman–Crippen MR) is 49.2 cm³/mol. The Kier molecular flexibility index (Phi) is 7.00. The molecule has 1 saturated heterocycles. The van der Waals surface area contributed by atoms with E-state index in [1.54, 1.807) is 21.1 Å². The van der Waals surface area contributed by atoms with Crippen molar-refractivity contribution in [1.29, 1.82) is 0 Å². The first-order valence-corrected chi connectivity index (χ1v) is 4.57. The van der Waals surface area contributed by atoms with Gasteiger partial charge in [0.15, 0.2) is 6.29 Å². The van der Waals surface area contributed by atoms with E-state index in [2.05, 4.69) is 9.68 Å². The summed E-state index contributed by atoms with van der Waals surface area (Å²) < 4.78 is 20.9. The van der Waals surface area contributed by atoms with Crippen molar-refractivity contribution in [2.24, 2.45) is 5.92 Å². The van der Waals surface area contributed by atoms with Crippen LogP contribution < -0.4 is 0 Å². The third-order valence-corrected chi connectivity index (χ3v) is 2.09. The van der Waals surface area contributed by atoms with Crippen LogP contribution in [0.15, 0.2) is 0 Å². The lowest BCUT2D eigenvalue weighted by molar-refractivity contribution is -0.317. The van der Waals surface area contributed by atoms with Gasteiger partial charge in [0, 0.05) is 20.6 Å². The van der Waals surface area contributed by atoms with E-state index in [0.29, 0.717) is 6.42 Å². The Morgan fingerprint density at radius 1 is 1.36 bits per heavy atom. The molecule has 1 heterocycles. The summed E-state index contributed by atoms with van der Waals surface area (Å²) in [5.41, 5.74) is 0. The zero-order valence-corrected chi connectivity index (χ0v) is 9.07. The van der Waals surface area contributed by atoms with Crippen LogP contribution in [0, 0.1) is 5.92 Å². The maximum absolute atomic E-state index is 11.6. The number of aliphatic hydroxyl groups is 1. The number of halogens is 1. The highest BCUT2D eigenvalue weighted by Gasteiger charge is 2.33. The molecule has 0 bridgehead atoms. The van der Waals surface area contributed by atoms with E-state index in [4.69, 9.17) is 4.74 Å². The maximum Gasteiger partial charge on any atom is 0.197 e. The third kappa shape index (κ3) is 4.32. The minimum atomic E-state index is -0.802. The van der Waals surface area contributed by atoms with Crippen LogP contribution in [0.1, 0.15) is 20.3 Å². The minimum Gasteiger partial charge on any atom is -0.390 e. The fourth-order valence-corrected chi connectivity index (χ4v) is 1.34. The molecule has 0 radical (unpaired) electrons. The molecule has 14 heavy (non-hydrogen) atoms. The van der Waals surface area contributed by atoms with Crippen LogP contribution in [0.2, 0.25) is 0 Å². The summed E-state index contributed by atoms with van der Waals surface area (Å²) in [4.78, 5) is 3.55. The number of methoxy groups -OCH3 is 1. The largest absolute Gasteiger partial charge is 0.390 e. The molecular formula is C9H19FO4. The number of hydrogen-bond donors (Lipinski definition) is 1. The van der Waals surface area contributed by atoms with Crippen LogP contribution in [0.3, 0.4) is 0 Å². The second-order valence-electron chi connectivity index (χ2n) is 3.47. The van der Waals surface area contributed by atoms with Gasteiger partial charge in [-0.05, 0) is 17.4 Å². The summed E-state index contributed by atoms with van der Waals surface area (Å²) in [7, 11) is 3.25. The molecule has 1 rings (SSSR count). The van der Waals surface area contributed by atoms with E-state index >= 15 is 0 Å². The first-order chi connectivity index (χ1) is 6.56. The molecule has 4 nitrogen and oxygen atoms in total. The van der Waals surface area contributed by atoms with Gasteiger partial charge in [0.05, 0.1) is 12.2 Å². The van der Waals surface area contributed by atoms with Crippen LogP contribution in [0.5, 0.6) is 0 Å². The fourth-order valence-electron chi connectivity index (χ4n) is 1.34. The van der Waals surface area contributed by atoms with Gasteiger partial charge >= 0.3 is 0 Å². The van der Waals surface area contributed by atoms with Crippen molar-refractivity contribution in [3.8, 4) is 0 Å². The van der Waals surface area contributed by atoms with Gasteiger partial charge in [0.25, 0.3) is 0 Å². The molecule has 0 saturated carbocycles. The zero-order chi connectivity index (χ0) is 11.1. The number of ether oxygens (including phenoxy) is 2. The van der Waals surface area contributed by atoms with E-state index in [-0.39, 0.29) is 12.0 Å². The molecule has 0 aliphatic carbocycles. The average molecular weight is 210 g/mol. The Labute approximate surface area is 83.9 Å². The lowest BCUT2D eigenvalue weighted by Gasteiger charge is -2.33. The summed E-state index contributed by atoms with van der Waals surface area (Å²) in [6, 6.07) is 0. The fraction of sp³-hybridized carbons (Fsp3) is 1.00. The Bertz CT molecular complexity index is 133. The molecule has 5 heteroatoms. The Hall–Kier alpha value is -0.230. The van der Waals surface area contributed by atoms with Gasteiger partial charge in [0.2, 0.25) is 0 Å². The van der Waals surface area contributed by atoms with E-state index in [0.717, 1.165) is 0 Å². The highest BCUT2D eigenvalue weighted by atomic mass is 19.3. The summed E-state index contributed by atoms with van der Waals surface area (Å²) in [5.74, 6) is 0.0273. The topological polar surface area (TPSA) is 47.9 Å². The molecule has 0 amide bonds. The van der Waals surface area contributed by atoms with E-state index in [1.807, 2.05) is 6.92 Å². The molecule has 86 valence electrons. The average Bonchev–Trinajstić information content (AvgIpc) is 2.14. The van der Waals surface area contributed by atoms with Crippen molar-refractivity contribution < 1.29 is 24.0 Å². The predicted octanol–water partition coefficient (Wildman–Crippen LogP) is 1.28. The second kappa shape index (κ2) is 7.11. The maximum atomic E-state index is 11.6.